The summed E-state index contributed by atoms with van der Waals surface area (Å²) < 4.78 is 10.8. The van der Waals surface area contributed by atoms with Crippen molar-refractivity contribution < 1.29 is 14.6 Å². The second-order valence-electron chi connectivity index (χ2n) is 4.94. The van der Waals surface area contributed by atoms with Gasteiger partial charge in [-0.3, -0.25) is 0 Å². The second kappa shape index (κ2) is 5.67. The van der Waals surface area contributed by atoms with E-state index in [4.69, 9.17) is 15.2 Å². The maximum atomic E-state index is 10.4. The first-order chi connectivity index (χ1) is 9.03. The number of benzene rings is 1. The molecule has 1 aliphatic rings. The molecule has 1 fully saturated rings. The molecule has 0 bridgehead atoms. The summed E-state index contributed by atoms with van der Waals surface area (Å²) in [5.41, 5.74) is 6.48. The molecule has 0 aromatic heterocycles. The topological polar surface area (TPSA) is 76.7 Å². The molecule has 19 heavy (non-hydrogen) atoms. The van der Waals surface area contributed by atoms with Crippen molar-refractivity contribution in [3.63, 3.8) is 0 Å². The lowest BCUT2D eigenvalue weighted by Crippen LogP contribution is -2.43. The van der Waals surface area contributed by atoms with Crippen LogP contribution in [0, 0.1) is 0 Å². The molecule has 1 heterocycles. The van der Waals surface area contributed by atoms with E-state index >= 15 is 0 Å². The van der Waals surface area contributed by atoms with Crippen molar-refractivity contribution in [2.24, 2.45) is 0 Å². The van der Waals surface area contributed by atoms with Gasteiger partial charge in [0, 0.05) is 43.1 Å². The predicted octanol–water partition coefficient (Wildman–Crippen LogP) is 1.62. The second-order valence-corrected chi connectivity index (χ2v) is 4.94. The number of aliphatic hydroxyl groups is 1. The third kappa shape index (κ3) is 3.30. The SMILES string of the molecule is CCOc1cc(N)cc(NCC2(O)CCOC2C)c1. The van der Waals surface area contributed by atoms with Crippen LogP contribution in [-0.4, -0.2) is 36.6 Å². The summed E-state index contributed by atoms with van der Waals surface area (Å²) >= 11 is 0. The van der Waals surface area contributed by atoms with Gasteiger partial charge < -0.3 is 25.6 Å². The Morgan fingerprint density at radius 1 is 1.53 bits per heavy atom. The predicted molar refractivity (Wildman–Crippen MR) is 75.5 cm³/mol. The third-order valence-electron chi connectivity index (χ3n) is 3.50. The highest BCUT2D eigenvalue weighted by Crippen LogP contribution is 2.28. The number of nitrogen functional groups attached to an aromatic ring is 1. The zero-order valence-electron chi connectivity index (χ0n) is 11.5. The maximum Gasteiger partial charge on any atom is 0.123 e. The van der Waals surface area contributed by atoms with Crippen molar-refractivity contribution in [1.29, 1.82) is 0 Å². The first-order valence-electron chi connectivity index (χ1n) is 6.65. The lowest BCUT2D eigenvalue weighted by atomic mass is 9.96. The average Bonchev–Trinajstić information content (AvgIpc) is 2.68. The van der Waals surface area contributed by atoms with Gasteiger partial charge in [-0.1, -0.05) is 0 Å². The number of nitrogens with two attached hydrogens (primary N) is 1. The van der Waals surface area contributed by atoms with E-state index in [0.717, 1.165) is 11.4 Å². The van der Waals surface area contributed by atoms with Gasteiger partial charge in [-0.25, -0.2) is 0 Å². The molecule has 5 heteroatoms. The van der Waals surface area contributed by atoms with Crippen LogP contribution in [0.25, 0.3) is 0 Å². The van der Waals surface area contributed by atoms with Crippen molar-refractivity contribution in [1.82, 2.24) is 0 Å². The summed E-state index contributed by atoms with van der Waals surface area (Å²) in [6.07, 6.45) is 0.481. The summed E-state index contributed by atoms with van der Waals surface area (Å²) in [6, 6.07) is 5.49. The van der Waals surface area contributed by atoms with Crippen molar-refractivity contribution in [2.45, 2.75) is 32.0 Å². The number of hydrogen-bond donors (Lipinski definition) is 3. The van der Waals surface area contributed by atoms with Crippen LogP contribution in [0.4, 0.5) is 11.4 Å². The monoisotopic (exact) mass is 266 g/mol. The Morgan fingerprint density at radius 3 is 2.95 bits per heavy atom. The third-order valence-corrected chi connectivity index (χ3v) is 3.50. The van der Waals surface area contributed by atoms with Crippen LogP contribution in [0.2, 0.25) is 0 Å². The molecule has 4 N–H and O–H groups in total. The summed E-state index contributed by atoms with van der Waals surface area (Å²) in [5, 5.41) is 13.6. The first-order valence-corrected chi connectivity index (χ1v) is 6.65. The Labute approximate surface area is 113 Å². The van der Waals surface area contributed by atoms with Crippen LogP contribution in [0.3, 0.4) is 0 Å². The molecule has 1 aromatic carbocycles. The summed E-state index contributed by atoms with van der Waals surface area (Å²) in [5.74, 6) is 0.729. The van der Waals surface area contributed by atoms with Crippen LogP contribution in [-0.2, 0) is 4.74 Å². The fourth-order valence-corrected chi connectivity index (χ4v) is 2.23. The van der Waals surface area contributed by atoms with Crippen LogP contribution in [0.1, 0.15) is 20.3 Å². The minimum absolute atomic E-state index is 0.160. The Bertz CT molecular complexity index is 439. The minimum Gasteiger partial charge on any atom is -0.494 e. The average molecular weight is 266 g/mol. The number of rotatable bonds is 5. The molecule has 106 valence electrons. The van der Waals surface area contributed by atoms with Gasteiger partial charge in [0.1, 0.15) is 11.4 Å². The van der Waals surface area contributed by atoms with Gasteiger partial charge in [0.05, 0.1) is 12.7 Å². The standard InChI is InChI=1S/C14H22N2O3/c1-3-18-13-7-11(15)6-12(8-13)16-9-14(17)4-5-19-10(14)2/h6-8,10,16-17H,3-5,9,15H2,1-2H3. The van der Waals surface area contributed by atoms with Gasteiger partial charge in [0.2, 0.25) is 0 Å². The highest BCUT2D eigenvalue weighted by molar-refractivity contribution is 5.59. The Hall–Kier alpha value is -1.46. The molecule has 2 rings (SSSR count). The quantitative estimate of drug-likeness (QED) is 0.706. The highest BCUT2D eigenvalue weighted by atomic mass is 16.5. The van der Waals surface area contributed by atoms with E-state index in [1.165, 1.54) is 0 Å². The summed E-state index contributed by atoms with van der Waals surface area (Å²) in [4.78, 5) is 0. The molecule has 0 aliphatic carbocycles. The van der Waals surface area contributed by atoms with Gasteiger partial charge in [0.25, 0.3) is 0 Å². The molecule has 2 unspecified atom stereocenters. The molecule has 5 nitrogen and oxygen atoms in total. The zero-order valence-corrected chi connectivity index (χ0v) is 11.5. The van der Waals surface area contributed by atoms with Gasteiger partial charge >= 0.3 is 0 Å². The molecule has 1 aliphatic heterocycles. The van der Waals surface area contributed by atoms with Crippen LogP contribution < -0.4 is 15.8 Å². The highest BCUT2D eigenvalue weighted by Gasteiger charge is 2.39. The fourth-order valence-electron chi connectivity index (χ4n) is 2.23. The van der Waals surface area contributed by atoms with Gasteiger partial charge in [0.15, 0.2) is 0 Å². The molecule has 0 saturated carbocycles. The van der Waals surface area contributed by atoms with E-state index in [1.807, 2.05) is 26.0 Å². The summed E-state index contributed by atoms with van der Waals surface area (Å²) in [6.45, 7) is 5.44. The van der Waals surface area contributed by atoms with Crippen molar-refractivity contribution in [3.05, 3.63) is 18.2 Å². The normalized spacial score (nSPS) is 26.4. The van der Waals surface area contributed by atoms with Crippen LogP contribution in [0.15, 0.2) is 18.2 Å². The number of anilines is 2. The zero-order chi connectivity index (χ0) is 13.9. The smallest absolute Gasteiger partial charge is 0.123 e. The lowest BCUT2D eigenvalue weighted by molar-refractivity contribution is -0.0175. The lowest BCUT2D eigenvalue weighted by Gasteiger charge is -2.26. The molecule has 0 radical (unpaired) electrons. The Kier molecular flexibility index (Phi) is 4.17. The van der Waals surface area contributed by atoms with E-state index in [1.54, 1.807) is 6.07 Å². The molecule has 1 saturated heterocycles. The number of nitrogens with one attached hydrogen (secondary N) is 1. The van der Waals surface area contributed by atoms with Crippen molar-refractivity contribution >= 4 is 11.4 Å². The van der Waals surface area contributed by atoms with Gasteiger partial charge in [-0.05, 0) is 19.9 Å². The van der Waals surface area contributed by atoms with E-state index in [0.29, 0.717) is 31.9 Å². The Balaban J connectivity index is 2.03. The Morgan fingerprint density at radius 2 is 2.32 bits per heavy atom. The van der Waals surface area contributed by atoms with Gasteiger partial charge in [-0.15, -0.1) is 0 Å². The summed E-state index contributed by atoms with van der Waals surface area (Å²) in [7, 11) is 0. The molecule has 0 amide bonds. The van der Waals surface area contributed by atoms with E-state index < -0.39 is 5.60 Å². The molecular weight excluding hydrogens is 244 g/mol. The first kappa shape index (κ1) is 14.0. The van der Waals surface area contributed by atoms with Crippen molar-refractivity contribution in [3.8, 4) is 5.75 Å². The van der Waals surface area contributed by atoms with Crippen LogP contribution in [0.5, 0.6) is 5.75 Å². The molecule has 0 spiro atoms. The largest absolute Gasteiger partial charge is 0.494 e. The van der Waals surface area contributed by atoms with E-state index in [-0.39, 0.29) is 6.10 Å². The maximum absolute atomic E-state index is 10.4. The molecule has 2 atom stereocenters. The number of ether oxygens (including phenoxy) is 2. The molecule has 1 aromatic rings. The van der Waals surface area contributed by atoms with E-state index in [9.17, 15) is 5.11 Å². The van der Waals surface area contributed by atoms with Crippen molar-refractivity contribution in [2.75, 3.05) is 30.8 Å². The fraction of sp³-hybridized carbons (Fsp3) is 0.571. The van der Waals surface area contributed by atoms with E-state index in [2.05, 4.69) is 5.32 Å². The van der Waals surface area contributed by atoms with Gasteiger partial charge in [-0.2, -0.15) is 0 Å². The minimum atomic E-state index is -0.823. The number of hydrogen-bond acceptors (Lipinski definition) is 5. The molecular formula is C14H22N2O3. The van der Waals surface area contributed by atoms with Crippen LogP contribution >= 0.6 is 0 Å².